The van der Waals surface area contributed by atoms with E-state index in [-0.39, 0.29) is 18.7 Å². The van der Waals surface area contributed by atoms with E-state index < -0.39 is 70.4 Å². The Hall–Kier alpha value is -3.26. The Balaban J connectivity index is 1.96. The van der Waals surface area contributed by atoms with Gasteiger partial charge in [-0.2, -0.15) is 0 Å². The smallest absolute Gasteiger partial charge is 0.407 e. The number of nitrogens with zero attached hydrogens (tertiary/aromatic N) is 3. The van der Waals surface area contributed by atoms with E-state index in [0.717, 1.165) is 27.8 Å². The molecular formula is C18H19F3N4O6S. The lowest BCUT2D eigenvalue weighted by atomic mass is 10.1. The lowest BCUT2D eigenvalue weighted by molar-refractivity contribution is 0.101. The molecule has 14 heteroatoms. The van der Waals surface area contributed by atoms with Crippen LogP contribution in [0.4, 0.5) is 29.3 Å². The fourth-order valence-electron chi connectivity index (χ4n) is 3.73. The summed E-state index contributed by atoms with van der Waals surface area (Å²) < 4.78 is 67.3. The number of amides is 2. The number of thiol groups is 1. The lowest BCUT2D eigenvalue weighted by Gasteiger charge is -2.30. The second-order valence-electron chi connectivity index (χ2n) is 7.04. The quantitative estimate of drug-likeness (QED) is 0.463. The first kappa shape index (κ1) is 23.4. The number of carbonyl (C=O) groups excluding carboxylic acids is 1. The van der Waals surface area contributed by atoms with E-state index in [9.17, 15) is 37.0 Å². The molecule has 2 atom stereocenters. The highest BCUT2D eigenvalue weighted by Gasteiger charge is 2.43. The molecule has 2 heterocycles. The second kappa shape index (κ2) is 9.08. The molecule has 0 radical (unpaired) electrons. The maximum Gasteiger partial charge on any atom is 0.407 e. The van der Waals surface area contributed by atoms with E-state index >= 15 is 4.39 Å². The van der Waals surface area contributed by atoms with Gasteiger partial charge in [0.25, 0.3) is 5.91 Å². The van der Waals surface area contributed by atoms with E-state index in [1.54, 1.807) is 0 Å². The Morgan fingerprint density at radius 2 is 1.94 bits per heavy atom. The Kier molecular flexibility index (Phi) is 6.64. The first-order valence-corrected chi connectivity index (χ1v) is 10.3. The van der Waals surface area contributed by atoms with Gasteiger partial charge in [0.1, 0.15) is 11.4 Å². The predicted molar refractivity (Wildman–Crippen MR) is 106 cm³/mol. The normalized spacial score (nSPS) is 18.2. The molecule has 2 aromatic rings. The number of nitrogens with one attached hydrogen (secondary N) is 1. The standard InChI is InChI=1S/C18H19F3N4O6S/c1-23-7-13(25(32(30)31)12-4-5-24(18(28)29)14(12)8-26)15(21)16(23)17(27)22-9-2-3-10(19)11(20)6-9/h2-3,6-7,12,14,26,32H,4-5,8H2,1H3,(H,22,27)(H,28,29)/t12-,14-/m1/s1. The molecule has 0 aliphatic carbocycles. The zero-order chi connectivity index (χ0) is 23.7. The van der Waals surface area contributed by atoms with Crippen molar-refractivity contribution in [3.8, 4) is 0 Å². The van der Waals surface area contributed by atoms with Gasteiger partial charge in [-0.25, -0.2) is 26.4 Å². The molecule has 1 aromatic carbocycles. The van der Waals surface area contributed by atoms with Crippen LogP contribution in [-0.4, -0.2) is 65.3 Å². The van der Waals surface area contributed by atoms with E-state index in [4.69, 9.17) is 0 Å². The second-order valence-corrected chi connectivity index (χ2v) is 7.94. The molecule has 0 spiro atoms. The molecule has 1 aliphatic rings. The minimum Gasteiger partial charge on any atom is -0.465 e. The van der Waals surface area contributed by atoms with Gasteiger partial charge in [0.2, 0.25) is 10.9 Å². The number of carboxylic acid groups (broad SMARTS) is 1. The van der Waals surface area contributed by atoms with Crippen molar-refractivity contribution >= 4 is 34.3 Å². The summed E-state index contributed by atoms with van der Waals surface area (Å²) in [6.45, 7) is -0.780. The van der Waals surface area contributed by atoms with Gasteiger partial charge >= 0.3 is 6.09 Å². The van der Waals surface area contributed by atoms with Crippen LogP contribution in [0.15, 0.2) is 24.4 Å². The van der Waals surface area contributed by atoms with Crippen molar-refractivity contribution in [3.05, 3.63) is 47.5 Å². The largest absolute Gasteiger partial charge is 0.465 e. The molecular weight excluding hydrogens is 457 g/mol. The molecule has 2 amide bonds. The summed E-state index contributed by atoms with van der Waals surface area (Å²) in [6.07, 6.45) is -0.350. The van der Waals surface area contributed by atoms with Crippen molar-refractivity contribution in [2.45, 2.75) is 18.5 Å². The fraction of sp³-hybridized carbons (Fsp3) is 0.333. The van der Waals surface area contributed by atoms with Gasteiger partial charge in [0.05, 0.1) is 18.7 Å². The van der Waals surface area contributed by atoms with Crippen LogP contribution < -0.4 is 9.62 Å². The number of likely N-dealkylation sites (tertiary alicyclic amines) is 1. The minimum atomic E-state index is -3.49. The van der Waals surface area contributed by atoms with Crippen molar-refractivity contribution in [1.29, 1.82) is 0 Å². The highest BCUT2D eigenvalue weighted by Crippen LogP contribution is 2.32. The third-order valence-electron chi connectivity index (χ3n) is 5.17. The Bertz CT molecular complexity index is 1130. The summed E-state index contributed by atoms with van der Waals surface area (Å²) in [7, 11) is -2.22. The molecule has 1 aliphatic heterocycles. The maximum absolute atomic E-state index is 15.2. The van der Waals surface area contributed by atoms with E-state index in [1.165, 1.54) is 7.05 Å². The van der Waals surface area contributed by atoms with E-state index in [1.807, 2.05) is 0 Å². The van der Waals surface area contributed by atoms with Crippen molar-refractivity contribution in [3.63, 3.8) is 0 Å². The van der Waals surface area contributed by atoms with Crippen LogP contribution >= 0.6 is 0 Å². The molecule has 0 unspecified atom stereocenters. The maximum atomic E-state index is 15.2. The van der Waals surface area contributed by atoms with Gasteiger partial charge in [-0.3, -0.25) is 9.10 Å². The Morgan fingerprint density at radius 3 is 2.50 bits per heavy atom. The van der Waals surface area contributed by atoms with Gasteiger partial charge in [0, 0.05) is 31.5 Å². The molecule has 32 heavy (non-hydrogen) atoms. The minimum absolute atomic E-state index is 0.00837. The van der Waals surface area contributed by atoms with Crippen LogP contribution in [0.3, 0.4) is 0 Å². The number of hydrogen-bond donors (Lipinski definition) is 4. The van der Waals surface area contributed by atoms with Crippen LogP contribution in [0.1, 0.15) is 16.9 Å². The number of aliphatic hydroxyl groups excluding tert-OH is 1. The average molecular weight is 476 g/mol. The zero-order valence-electron chi connectivity index (χ0n) is 16.5. The number of carbonyl (C=O) groups is 2. The Labute approximate surface area is 181 Å². The Morgan fingerprint density at radius 1 is 1.25 bits per heavy atom. The van der Waals surface area contributed by atoms with Crippen LogP contribution in [0.25, 0.3) is 0 Å². The number of benzene rings is 1. The summed E-state index contributed by atoms with van der Waals surface area (Å²) >= 11 is 0. The van der Waals surface area contributed by atoms with Crippen LogP contribution in [0.5, 0.6) is 0 Å². The third-order valence-corrected chi connectivity index (χ3v) is 6.04. The number of aromatic nitrogens is 1. The van der Waals surface area contributed by atoms with Crippen molar-refractivity contribution in [1.82, 2.24) is 9.47 Å². The molecule has 1 saturated heterocycles. The van der Waals surface area contributed by atoms with Gasteiger partial charge in [-0.1, -0.05) is 0 Å². The number of rotatable bonds is 6. The molecule has 1 fully saturated rings. The number of hydrogen-bond acceptors (Lipinski definition) is 5. The molecule has 0 bridgehead atoms. The van der Waals surface area contributed by atoms with Crippen LogP contribution in [-0.2, 0) is 17.9 Å². The van der Waals surface area contributed by atoms with E-state index in [2.05, 4.69) is 5.32 Å². The fourth-order valence-corrected chi connectivity index (χ4v) is 4.56. The molecule has 3 N–H and O–H groups in total. The van der Waals surface area contributed by atoms with Crippen LogP contribution in [0, 0.1) is 17.5 Å². The van der Waals surface area contributed by atoms with Gasteiger partial charge < -0.3 is 25.0 Å². The molecule has 3 rings (SSSR count). The van der Waals surface area contributed by atoms with Crippen LogP contribution in [0.2, 0.25) is 0 Å². The summed E-state index contributed by atoms with van der Waals surface area (Å²) in [5.41, 5.74) is -1.27. The zero-order valence-corrected chi connectivity index (χ0v) is 17.4. The number of anilines is 2. The van der Waals surface area contributed by atoms with E-state index in [0.29, 0.717) is 10.4 Å². The third kappa shape index (κ3) is 4.23. The highest BCUT2D eigenvalue weighted by molar-refractivity contribution is 7.74. The monoisotopic (exact) mass is 476 g/mol. The van der Waals surface area contributed by atoms with Crippen molar-refractivity contribution < 1.29 is 41.4 Å². The SMILES string of the molecule is Cn1cc(N([C@@H]2CCN(C(=O)O)[C@@H]2CO)[SH](=O)=O)c(F)c1C(=O)Nc1ccc(F)c(F)c1. The molecule has 0 saturated carbocycles. The summed E-state index contributed by atoms with van der Waals surface area (Å²) in [6, 6.07) is 0.283. The number of aryl methyl sites for hydroxylation is 1. The van der Waals surface area contributed by atoms with Gasteiger partial charge in [-0.15, -0.1) is 0 Å². The molecule has 174 valence electrons. The van der Waals surface area contributed by atoms with Crippen molar-refractivity contribution in [2.24, 2.45) is 7.05 Å². The average Bonchev–Trinajstić information content (AvgIpc) is 3.25. The topological polar surface area (TPSA) is 132 Å². The van der Waals surface area contributed by atoms with Gasteiger partial charge in [0.15, 0.2) is 17.5 Å². The first-order chi connectivity index (χ1) is 15.1. The predicted octanol–water partition coefficient (Wildman–Crippen LogP) is 1.14. The van der Waals surface area contributed by atoms with Crippen molar-refractivity contribution in [2.75, 3.05) is 22.8 Å². The molecule has 10 nitrogen and oxygen atoms in total. The number of aliphatic hydroxyl groups is 1. The summed E-state index contributed by atoms with van der Waals surface area (Å²) in [4.78, 5) is 24.8. The first-order valence-electron chi connectivity index (χ1n) is 9.22. The molecule has 1 aromatic heterocycles. The highest BCUT2D eigenvalue weighted by atomic mass is 32.2. The van der Waals surface area contributed by atoms with Gasteiger partial charge in [-0.05, 0) is 18.6 Å². The lowest BCUT2D eigenvalue weighted by Crippen LogP contribution is -2.48. The number of halogens is 3. The summed E-state index contributed by atoms with van der Waals surface area (Å²) in [5.74, 6) is -4.65. The summed E-state index contributed by atoms with van der Waals surface area (Å²) in [5, 5.41) is 21.0.